The summed E-state index contributed by atoms with van der Waals surface area (Å²) >= 11 is 0.964. The first-order valence-electron chi connectivity index (χ1n) is 4.80. The number of amides is 1. The lowest BCUT2D eigenvalue weighted by molar-refractivity contribution is 0.0606. The number of carbonyl (C=O) groups excluding carboxylic acids is 2. The minimum atomic E-state index is -3.60. The zero-order chi connectivity index (χ0) is 13.8. The first kappa shape index (κ1) is 14.6. The van der Waals surface area contributed by atoms with Crippen LogP contribution in [0.5, 0.6) is 0 Å². The molecule has 0 saturated heterocycles. The second-order valence-corrected chi connectivity index (χ2v) is 6.10. The van der Waals surface area contributed by atoms with E-state index in [1.807, 2.05) is 0 Å². The predicted molar refractivity (Wildman–Crippen MR) is 66.0 cm³/mol. The minimum absolute atomic E-state index is 0.0802. The summed E-state index contributed by atoms with van der Waals surface area (Å²) < 4.78 is 25.8. The second kappa shape index (κ2) is 5.94. The smallest absolute Gasteiger partial charge is 0.348 e. The van der Waals surface area contributed by atoms with Crippen molar-refractivity contribution in [3.63, 3.8) is 0 Å². The molecule has 3 N–H and O–H groups in total. The van der Waals surface area contributed by atoms with Crippen molar-refractivity contribution in [1.29, 1.82) is 0 Å². The number of esters is 1. The third kappa shape index (κ3) is 4.43. The summed E-state index contributed by atoms with van der Waals surface area (Å²) in [7, 11) is -2.36. The monoisotopic (exact) mass is 292 g/mol. The summed E-state index contributed by atoms with van der Waals surface area (Å²) in [5.41, 5.74) is 0. The average Bonchev–Trinajstić information content (AvgIpc) is 2.75. The molecule has 0 radical (unpaired) electrons. The van der Waals surface area contributed by atoms with Crippen molar-refractivity contribution in [2.45, 2.75) is 0 Å². The Morgan fingerprint density at radius 2 is 2.00 bits per heavy atom. The lowest BCUT2D eigenvalue weighted by atomic mass is 10.4. The molecular formula is C9H12N2O5S2. The zero-order valence-electron chi connectivity index (χ0n) is 9.50. The van der Waals surface area contributed by atoms with Crippen LogP contribution in [0.1, 0.15) is 19.3 Å². The fourth-order valence-corrected chi connectivity index (χ4v) is 2.29. The molecule has 0 fully saturated rings. The molecule has 0 aliphatic heterocycles. The summed E-state index contributed by atoms with van der Waals surface area (Å²) in [5.74, 6) is -1.32. The molecule has 0 aliphatic rings. The average molecular weight is 292 g/mol. The highest BCUT2D eigenvalue weighted by Crippen LogP contribution is 2.16. The van der Waals surface area contributed by atoms with Crippen LogP contribution in [0, 0.1) is 0 Å². The molecule has 1 amide bonds. The van der Waals surface area contributed by atoms with Gasteiger partial charge in [-0.05, 0) is 12.1 Å². The molecule has 1 aromatic rings. The van der Waals surface area contributed by atoms with Crippen LogP contribution in [-0.2, 0) is 14.8 Å². The lowest BCUT2D eigenvalue weighted by Gasteiger charge is -2.01. The van der Waals surface area contributed by atoms with Crippen LogP contribution < -0.4 is 10.5 Å². The maximum Gasteiger partial charge on any atom is 0.348 e. The van der Waals surface area contributed by atoms with Crippen LogP contribution in [0.3, 0.4) is 0 Å². The van der Waals surface area contributed by atoms with Gasteiger partial charge in [-0.3, -0.25) is 4.79 Å². The second-order valence-electron chi connectivity index (χ2n) is 3.28. The quantitative estimate of drug-likeness (QED) is 0.713. The van der Waals surface area contributed by atoms with Crippen molar-refractivity contribution in [3.05, 3.63) is 21.9 Å². The van der Waals surface area contributed by atoms with Crippen LogP contribution in [0.4, 0.5) is 0 Å². The summed E-state index contributed by atoms with van der Waals surface area (Å²) in [6, 6.07) is 2.92. The molecule has 1 heterocycles. The van der Waals surface area contributed by atoms with Gasteiger partial charge in [0.05, 0.1) is 17.7 Å². The van der Waals surface area contributed by atoms with Gasteiger partial charge in [0.1, 0.15) is 4.88 Å². The first-order valence-corrected chi connectivity index (χ1v) is 7.33. The van der Waals surface area contributed by atoms with Gasteiger partial charge in [0.25, 0.3) is 5.91 Å². The minimum Gasteiger partial charge on any atom is -0.465 e. The van der Waals surface area contributed by atoms with E-state index < -0.39 is 21.9 Å². The van der Waals surface area contributed by atoms with Crippen LogP contribution in [0.25, 0.3) is 0 Å². The molecular weight excluding hydrogens is 280 g/mol. The summed E-state index contributed by atoms with van der Waals surface area (Å²) in [6.45, 7) is -0.0802. The highest BCUT2D eigenvalue weighted by atomic mass is 32.2. The Labute approximate surface area is 108 Å². The van der Waals surface area contributed by atoms with E-state index in [0.29, 0.717) is 9.75 Å². The molecule has 7 nitrogen and oxygen atoms in total. The number of hydrogen-bond acceptors (Lipinski definition) is 6. The van der Waals surface area contributed by atoms with E-state index in [4.69, 9.17) is 5.14 Å². The molecule has 0 aliphatic carbocycles. The van der Waals surface area contributed by atoms with E-state index >= 15 is 0 Å². The van der Waals surface area contributed by atoms with Crippen molar-refractivity contribution in [2.24, 2.45) is 5.14 Å². The van der Waals surface area contributed by atoms with Gasteiger partial charge in [-0.15, -0.1) is 11.3 Å². The van der Waals surface area contributed by atoms with Crippen molar-refractivity contribution in [2.75, 3.05) is 19.4 Å². The van der Waals surface area contributed by atoms with E-state index in [1.54, 1.807) is 0 Å². The van der Waals surface area contributed by atoms with Gasteiger partial charge in [0.2, 0.25) is 10.0 Å². The molecule has 1 rings (SSSR count). The van der Waals surface area contributed by atoms with Crippen LogP contribution in [0.15, 0.2) is 12.1 Å². The lowest BCUT2D eigenvalue weighted by Crippen LogP contribution is -2.31. The molecule has 0 spiro atoms. The number of methoxy groups -OCH3 is 1. The van der Waals surface area contributed by atoms with Crippen molar-refractivity contribution >= 4 is 33.2 Å². The number of nitrogens with two attached hydrogens (primary N) is 1. The van der Waals surface area contributed by atoms with E-state index in [1.165, 1.54) is 19.2 Å². The van der Waals surface area contributed by atoms with E-state index in [-0.39, 0.29) is 12.3 Å². The topological polar surface area (TPSA) is 116 Å². The SMILES string of the molecule is COC(=O)c1ccc(C(=O)NCCS(N)(=O)=O)s1. The Balaban J connectivity index is 2.57. The Bertz CT molecular complexity index is 549. The Morgan fingerprint density at radius 1 is 1.39 bits per heavy atom. The van der Waals surface area contributed by atoms with Gasteiger partial charge in [-0.1, -0.05) is 0 Å². The molecule has 100 valence electrons. The third-order valence-electron chi connectivity index (χ3n) is 1.89. The maximum absolute atomic E-state index is 11.6. The van der Waals surface area contributed by atoms with Crippen molar-refractivity contribution in [3.8, 4) is 0 Å². The summed E-state index contributed by atoms with van der Waals surface area (Å²) in [6.07, 6.45) is 0. The number of sulfonamides is 1. The van der Waals surface area contributed by atoms with Crippen molar-refractivity contribution in [1.82, 2.24) is 5.32 Å². The van der Waals surface area contributed by atoms with Gasteiger partial charge in [0, 0.05) is 6.54 Å². The number of thiophene rings is 1. The predicted octanol–water partition coefficient (Wildman–Crippen LogP) is -0.447. The van der Waals surface area contributed by atoms with Gasteiger partial charge >= 0.3 is 5.97 Å². The fourth-order valence-electron chi connectivity index (χ4n) is 1.06. The summed E-state index contributed by atoms with van der Waals surface area (Å²) in [5, 5.41) is 7.17. The van der Waals surface area contributed by atoms with Gasteiger partial charge in [0.15, 0.2) is 0 Å². The number of carbonyl (C=O) groups is 2. The zero-order valence-corrected chi connectivity index (χ0v) is 11.1. The standard InChI is InChI=1S/C9H12N2O5S2/c1-16-9(13)7-3-2-6(17-7)8(12)11-4-5-18(10,14)15/h2-3H,4-5H2,1H3,(H,11,12)(H2,10,14,15). The molecule has 0 atom stereocenters. The molecule has 0 aromatic carbocycles. The van der Waals surface area contributed by atoms with Crippen molar-refractivity contribution < 1.29 is 22.7 Å². The number of hydrogen-bond donors (Lipinski definition) is 2. The number of nitrogens with one attached hydrogen (secondary N) is 1. The molecule has 18 heavy (non-hydrogen) atoms. The van der Waals surface area contributed by atoms with Gasteiger partial charge in [-0.2, -0.15) is 0 Å². The number of rotatable bonds is 5. The highest BCUT2D eigenvalue weighted by molar-refractivity contribution is 7.89. The van der Waals surface area contributed by atoms with Crippen LogP contribution >= 0.6 is 11.3 Å². The number of primary sulfonamides is 1. The number of ether oxygens (including phenoxy) is 1. The Kier molecular flexibility index (Phi) is 4.82. The molecule has 9 heteroatoms. The van der Waals surface area contributed by atoms with Gasteiger partial charge < -0.3 is 10.1 Å². The molecule has 0 bridgehead atoms. The van der Waals surface area contributed by atoms with E-state index in [2.05, 4.69) is 10.1 Å². The Hall–Kier alpha value is -1.45. The molecule has 1 aromatic heterocycles. The maximum atomic E-state index is 11.6. The first-order chi connectivity index (χ1) is 8.33. The van der Waals surface area contributed by atoms with Crippen LogP contribution in [-0.4, -0.2) is 39.7 Å². The van der Waals surface area contributed by atoms with E-state index in [9.17, 15) is 18.0 Å². The largest absolute Gasteiger partial charge is 0.465 e. The highest BCUT2D eigenvalue weighted by Gasteiger charge is 2.14. The van der Waals surface area contributed by atoms with Gasteiger partial charge in [-0.25, -0.2) is 18.4 Å². The molecule has 0 saturated carbocycles. The fraction of sp³-hybridized carbons (Fsp3) is 0.333. The molecule has 0 unspecified atom stereocenters. The third-order valence-corrected chi connectivity index (χ3v) is 3.73. The van der Waals surface area contributed by atoms with Crippen LogP contribution in [0.2, 0.25) is 0 Å². The summed E-state index contributed by atoms with van der Waals surface area (Å²) in [4.78, 5) is 23.3. The normalized spacial score (nSPS) is 11.0. The van der Waals surface area contributed by atoms with E-state index in [0.717, 1.165) is 11.3 Å². The Morgan fingerprint density at radius 3 is 2.56 bits per heavy atom.